The van der Waals surface area contributed by atoms with Gasteiger partial charge in [0.25, 0.3) is 5.89 Å². The van der Waals surface area contributed by atoms with Crippen molar-refractivity contribution in [1.29, 1.82) is 0 Å². The van der Waals surface area contributed by atoms with E-state index >= 15 is 0 Å². The van der Waals surface area contributed by atoms with Crippen LogP contribution in [0.15, 0.2) is 46.9 Å². The SMILES string of the molecule is COc1cc(-c2nnc(COC(=O)CCc3ccccc3)o2)cc(OC)c1OC. The lowest BCUT2D eigenvalue weighted by molar-refractivity contribution is -0.145. The molecule has 152 valence electrons. The van der Waals surface area contributed by atoms with Crippen molar-refractivity contribution in [3.8, 4) is 28.7 Å². The molecule has 0 aliphatic carbocycles. The van der Waals surface area contributed by atoms with E-state index in [1.54, 1.807) is 12.1 Å². The van der Waals surface area contributed by atoms with Crippen molar-refractivity contribution >= 4 is 5.97 Å². The smallest absolute Gasteiger partial charge is 0.306 e. The molecule has 29 heavy (non-hydrogen) atoms. The van der Waals surface area contributed by atoms with Gasteiger partial charge in [0.1, 0.15) is 0 Å². The van der Waals surface area contributed by atoms with Crippen LogP contribution in [0.2, 0.25) is 0 Å². The molecule has 0 saturated heterocycles. The van der Waals surface area contributed by atoms with Crippen LogP contribution >= 0.6 is 0 Å². The highest BCUT2D eigenvalue weighted by molar-refractivity contribution is 5.69. The van der Waals surface area contributed by atoms with Gasteiger partial charge in [-0.25, -0.2) is 0 Å². The van der Waals surface area contributed by atoms with Crippen LogP contribution in [0.25, 0.3) is 11.5 Å². The Labute approximate surface area is 168 Å². The number of esters is 1. The van der Waals surface area contributed by atoms with Crippen LogP contribution in [0.3, 0.4) is 0 Å². The van der Waals surface area contributed by atoms with Crippen molar-refractivity contribution in [2.24, 2.45) is 0 Å². The van der Waals surface area contributed by atoms with E-state index in [0.29, 0.717) is 29.2 Å². The summed E-state index contributed by atoms with van der Waals surface area (Å²) in [4.78, 5) is 11.9. The van der Waals surface area contributed by atoms with Crippen LogP contribution in [-0.4, -0.2) is 37.5 Å². The first kappa shape index (κ1) is 20.2. The number of ether oxygens (including phenoxy) is 4. The summed E-state index contributed by atoms with van der Waals surface area (Å²) in [6.07, 6.45) is 0.887. The van der Waals surface area contributed by atoms with Gasteiger partial charge in [-0.15, -0.1) is 10.2 Å². The fourth-order valence-corrected chi connectivity index (χ4v) is 2.74. The van der Waals surface area contributed by atoms with Gasteiger partial charge in [-0.2, -0.15) is 0 Å². The summed E-state index contributed by atoms with van der Waals surface area (Å²) in [5.41, 5.74) is 1.67. The van der Waals surface area contributed by atoms with Crippen molar-refractivity contribution < 1.29 is 28.2 Å². The molecular weight excluding hydrogens is 376 g/mol. The van der Waals surface area contributed by atoms with Crippen molar-refractivity contribution in [1.82, 2.24) is 10.2 Å². The van der Waals surface area contributed by atoms with E-state index < -0.39 is 0 Å². The molecule has 0 atom stereocenters. The molecule has 0 radical (unpaired) electrons. The maximum absolute atomic E-state index is 11.9. The number of hydrogen-bond donors (Lipinski definition) is 0. The highest BCUT2D eigenvalue weighted by Gasteiger charge is 2.18. The maximum atomic E-state index is 11.9. The molecule has 2 aromatic carbocycles. The minimum Gasteiger partial charge on any atom is -0.493 e. The Morgan fingerprint density at radius 3 is 2.28 bits per heavy atom. The second kappa shape index (κ2) is 9.59. The van der Waals surface area contributed by atoms with Crippen LogP contribution < -0.4 is 14.2 Å². The number of hydrogen-bond acceptors (Lipinski definition) is 8. The van der Waals surface area contributed by atoms with Gasteiger partial charge in [-0.1, -0.05) is 30.3 Å². The monoisotopic (exact) mass is 398 g/mol. The van der Waals surface area contributed by atoms with E-state index in [1.165, 1.54) is 21.3 Å². The van der Waals surface area contributed by atoms with Gasteiger partial charge < -0.3 is 23.4 Å². The lowest BCUT2D eigenvalue weighted by Gasteiger charge is -2.12. The summed E-state index contributed by atoms with van der Waals surface area (Å²) in [5.74, 6) is 1.51. The Morgan fingerprint density at radius 1 is 0.966 bits per heavy atom. The van der Waals surface area contributed by atoms with E-state index in [2.05, 4.69) is 10.2 Å². The molecule has 0 aliphatic heterocycles. The molecule has 0 amide bonds. The number of carbonyl (C=O) groups excluding carboxylic acids is 1. The zero-order valence-electron chi connectivity index (χ0n) is 16.5. The number of aryl methyl sites for hydroxylation is 1. The number of benzene rings is 2. The Bertz CT molecular complexity index is 930. The van der Waals surface area contributed by atoms with Gasteiger partial charge in [0.05, 0.1) is 21.3 Å². The average Bonchev–Trinajstić information content (AvgIpc) is 3.25. The highest BCUT2D eigenvalue weighted by Crippen LogP contribution is 2.40. The van der Waals surface area contributed by atoms with E-state index in [9.17, 15) is 4.79 Å². The summed E-state index contributed by atoms with van der Waals surface area (Å²) in [6.45, 7) is -0.0922. The molecule has 0 fully saturated rings. The molecule has 0 N–H and O–H groups in total. The van der Waals surface area contributed by atoms with Crippen molar-refractivity contribution in [2.45, 2.75) is 19.4 Å². The first-order chi connectivity index (χ1) is 14.1. The molecule has 8 heteroatoms. The Kier molecular flexibility index (Phi) is 6.67. The van der Waals surface area contributed by atoms with E-state index in [4.69, 9.17) is 23.4 Å². The first-order valence-corrected chi connectivity index (χ1v) is 8.97. The van der Waals surface area contributed by atoms with Gasteiger partial charge in [-0.05, 0) is 24.1 Å². The topological polar surface area (TPSA) is 92.9 Å². The minimum absolute atomic E-state index is 0.0922. The number of carbonyl (C=O) groups is 1. The fraction of sp³-hybridized carbons (Fsp3) is 0.286. The van der Waals surface area contributed by atoms with Crippen molar-refractivity contribution in [3.05, 3.63) is 53.9 Å². The number of aromatic nitrogens is 2. The quantitative estimate of drug-likeness (QED) is 0.506. The third-order valence-electron chi connectivity index (χ3n) is 4.20. The largest absolute Gasteiger partial charge is 0.493 e. The highest BCUT2D eigenvalue weighted by atomic mass is 16.5. The molecule has 3 aromatic rings. The molecular formula is C21H22N2O6. The number of methoxy groups -OCH3 is 3. The molecule has 0 bridgehead atoms. The third kappa shape index (κ3) is 5.04. The molecule has 0 aliphatic rings. The summed E-state index contributed by atoms with van der Waals surface area (Å²) < 4.78 is 26.8. The lowest BCUT2D eigenvalue weighted by Crippen LogP contribution is -2.06. The van der Waals surface area contributed by atoms with Crippen LogP contribution in [0.5, 0.6) is 17.2 Å². The van der Waals surface area contributed by atoms with Crippen LogP contribution in [0, 0.1) is 0 Å². The minimum atomic E-state index is -0.332. The predicted molar refractivity (Wildman–Crippen MR) is 104 cm³/mol. The van der Waals surface area contributed by atoms with Gasteiger partial charge >= 0.3 is 5.97 Å². The van der Waals surface area contributed by atoms with Gasteiger partial charge in [0.2, 0.25) is 11.6 Å². The van der Waals surface area contributed by atoms with Gasteiger partial charge in [0.15, 0.2) is 18.1 Å². The third-order valence-corrected chi connectivity index (χ3v) is 4.20. The maximum Gasteiger partial charge on any atom is 0.306 e. The molecule has 0 saturated carbocycles. The predicted octanol–water partition coefficient (Wildman–Crippen LogP) is 3.44. The standard InChI is InChI=1S/C21H22N2O6/c1-25-16-11-15(12-17(26-2)20(16)27-3)21-23-22-18(29-21)13-28-19(24)10-9-14-7-5-4-6-8-14/h4-8,11-12H,9-10,13H2,1-3H3. The summed E-state index contributed by atoms with van der Waals surface area (Å²) in [6, 6.07) is 13.1. The second-order valence-corrected chi connectivity index (χ2v) is 6.06. The van der Waals surface area contributed by atoms with Gasteiger partial charge in [0, 0.05) is 12.0 Å². The Balaban J connectivity index is 1.62. The normalized spacial score (nSPS) is 10.4. The second-order valence-electron chi connectivity index (χ2n) is 6.06. The molecule has 1 heterocycles. The zero-order valence-corrected chi connectivity index (χ0v) is 16.5. The zero-order chi connectivity index (χ0) is 20.6. The molecule has 8 nitrogen and oxygen atoms in total. The van der Waals surface area contributed by atoms with E-state index in [1.807, 2.05) is 30.3 Å². The Morgan fingerprint density at radius 2 is 1.66 bits per heavy atom. The fourth-order valence-electron chi connectivity index (χ4n) is 2.74. The van der Waals surface area contributed by atoms with E-state index in [0.717, 1.165) is 5.56 Å². The summed E-state index contributed by atoms with van der Waals surface area (Å²) in [5, 5.41) is 7.93. The summed E-state index contributed by atoms with van der Waals surface area (Å²) in [7, 11) is 4.57. The van der Waals surface area contributed by atoms with Crippen LogP contribution in [0.4, 0.5) is 0 Å². The Hall–Kier alpha value is -3.55. The molecule has 1 aromatic heterocycles. The molecule has 0 unspecified atom stereocenters. The average molecular weight is 398 g/mol. The van der Waals surface area contributed by atoms with Crippen LogP contribution in [-0.2, 0) is 22.6 Å². The number of nitrogens with zero attached hydrogens (tertiary/aromatic N) is 2. The molecule has 0 spiro atoms. The molecule has 3 rings (SSSR count). The van der Waals surface area contributed by atoms with Crippen LogP contribution in [0.1, 0.15) is 17.9 Å². The van der Waals surface area contributed by atoms with E-state index in [-0.39, 0.29) is 30.8 Å². The number of rotatable bonds is 9. The van der Waals surface area contributed by atoms with Gasteiger partial charge in [-0.3, -0.25) is 4.79 Å². The summed E-state index contributed by atoms with van der Waals surface area (Å²) >= 11 is 0. The van der Waals surface area contributed by atoms with Crippen molar-refractivity contribution in [2.75, 3.05) is 21.3 Å². The van der Waals surface area contributed by atoms with Crippen molar-refractivity contribution in [3.63, 3.8) is 0 Å². The lowest BCUT2D eigenvalue weighted by atomic mass is 10.1. The first-order valence-electron chi connectivity index (χ1n) is 8.97.